The number of aromatic nitrogens is 4. The minimum absolute atomic E-state index is 0.0397. The lowest BCUT2D eigenvalue weighted by Gasteiger charge is -2.03. The van der Waals surface area contributed by atoms with Crippen LogP contribution >= 0.6 is 45.3 Å². The molecule has 4 aromatic heterocycles. The van der Waals surface area contributed by atoms with Crippen LogP contribution in [0.3, 0.4) is 0 Å². The number of hydrogen-bond acceptors (Lipinski definition) is 20. The molecule has 2 amide bonds. The average Bonchev–Trinajstić information content (AvgIpc) is 1.71. The number of amides is 2. The predicted octanol–water partition coefficient (Wildman–Crippen LogP) is 22.8. The molecule has 0 saturated heterocycles. The Kier molecular flexibility index (Phi) is 42.0. The minimum Gasteiger partial charge on any atom is -0.463 e. The normalized spacial score (nSPS) is 10.2. The number of rotatable bonds is 27. The predicted molar refractivity (Wildman–Crippen MR) is 469 cm³/mol. The van der Waals surface area contributed by atoms with Crippen LogP contribution in [0.5, 0.6) is 0 Å². The van der Waals surface area contributed by atoms with E-state index in [-0.39, 0.29) is 11.8 Å². The number of nitrogens with one attached hydrogen (secondary N) is 8. The molecule has 0 unspecified atom stereocenters. The maximum absolute atomic E-state index is 11.8. The van der Waals surface area contributed by atoms with E-state index in [9.17, 15) is 14.4 Å². The van der Waals surface area contributed by atoms with Crippen molar-refractivity contribution >= 4 is 149 Å². The monoisotopic (exact) mass is 1560 g/mol. The summed E-state index contributed by atoms with van der Waals surface area (Å²) >= 11 is 6.33. The molecule has 0 aliphatic rings. The fourth-order valence-corrected chi connectivity index (χ4v) is 13.6. The van der Waals surface area contributed by atoms with E-state index >= 15 is 0 Å². The molecular formula is C88H108N12O6S4. The van der Waals surface area contributed by atoms with Crippen molar-refractivity contribution in [2.24, 2.45) is 0 Å². The molecule has 0 fully saturated rings. The first kappa shape index (κ1) is 90.3. The van der Waals surface area contributed by atoms with Crippen LogP contribution in [0.25, 0.3) is 40.9 Å². The molecule has 110 heavy (non-hydrogen) atoms. The van der Waals surface area contributed by atoms with Gasteiger partial charge in [-0.05, 0) is 188 Å². The third-order valence-corrected chi connectivity index (χ3v) is 20.0. The summed E-state index contributed by atoms with van der Waals surface area (Å²) in [7, 11) is 1.66. The van der Waals surface area contributed by atoms with E-state index < -0.39 is 5.97 Å². The molecule has 12 rings (SSSR count). The Hall–Kier alpha value is -10.3. The molecule has 0 spiro atoms. The molecule has 580 valence electrons. The molecule has 22 heteroatoms. The van der Waals surface area contributed by atoms with E-state index in [4.69, 9.17) is 35.8 Å². The van der Waals surface area contributed by atoms with Crippen molar-refractivity contribution in [2.45, 2.75) is 146 Å². The van der Waals surface area contributed by atoms with Gasteiger partial charge in [-0.1, -0.05) is 228 Å². The summed E-state index contributed by atoms with van der Waals surface area (Å²) in [4.78, 5) is 52.1. The van der Waals surface area contributed by atoms with Gasteiger partial charge in [-0.3, -0.25) is 9.59 Å². The van der Waals surface area contributed by atoms with Gasteiger partial charge in [0.25, 0.3) is 0 Å². The van der Waals surface area contributed by atoms with Gasteiger partial charge in [0.15, 0.2) is 20.5 Å². The number of fused-ring (bicyclic) bond motifs is 4. The molecule has 4 heterocycles. The second-order valence-corrected chi connectivity index (χ2v) is 30.1. The number of anilines is 4. The third-order valence-electron chi connectivity index (χ3n) is 16.2. The number of carbonyl (C=O) groups is 3. The zero-order valence-corrected chi connectivity index (χ0v) is 68.9. The fourth-order valence-electron chi connectivity index (χ4n) is 10.0. The Labute approximate surface area is 665 Å². The quantitative estimate of drug-likeness (QED) is 0.00785. The van der Waals surface area contributed by atoms with Crippen molar-refractivity contribution in [1.29, 1.82) is 21.6 Å². The maximum atomic E-state index is 11.8. The van der Waals surface area contributed by atoms with Crippen molar-refractivity contribution in [2.75, 3.05) is 54.9 Å². The number of unbranched alkanes of at least 4 members (excludes halogenated alkanes) is 6. The van der Waals surface area contributed by atoms with Crippen LogP contribution in [0.2, 0.25) is 0 Å². The number of nitrogens with zero attached hydrogens (tertiary/aromatic N) is 4. The lowest BCUT2D eigenvalue weighted by molar-refractivity contribution is -0.137. The molecule has 8 aromatic carbocycles. The number of esters is 1. The lowest BCUT2D eigenvalue weighted by Crippen LogP contribution is -2.11. The van der Waals surface area contributed by atoms with Crippen molar-refractivity contribution in [3.05, 3.63) is 249 Å². The Bertz CT molecular complexity index is 4480. The second-order valence-electron chi connectivity index (χ2n) is 25.9. The zero-order valence-electron chi connectivity index (χ0n) is 65.6. The van der Waals surface area contributed by atoms with Gasteiger partial charge in [0, 0.05) is 56.9 Å². The lowest BCUT2D eigenvalue weighted by atomic mass is 10.1. The number of thiazole rings is 4. The van der Waals surface area contributed by atoms with Crippen LogP contribution in [0, 0.1) is 77.0 Å². The molecule has 0 atom stereocenters. The Morgan fingerprint density at radius 1 is 0.436 bits per heavy atom. The molecule has 12 aromatic rings. The van der Waals surface area contributed by atoms with Crippen LogP contribution in [-0.4, -0.2) is 102 Å². The van der Waals surface area contributed by atoms with E-state index in [0.29, 0.717) is 55.7 Å². The summed E-state index contributed by atoms with van der Waals surface area (Å²) in [6, 6.07) is 56.9. The standard InChI is InChI=1S/C16H18N2O3S.C15H20N2OS.C11H14N2O2S.C10H12N2S.4C9H11N/c1-2-15(20)21-11-7-3-4-10-14(19)18-16-17-12-8-5-6-9-13(12)22-16;1-2-3-4-5-6-11-14(18)17-15-16-12-9-7-8-10-13(12)19-15;1-14-6-7-15-8-12-11-13-9-4-2-3-5-10(9)16-11;1-7(2)11-10-12-8-5-3-4-6-9(8)13-10;4*1-7-3-4-8(2)9(5-7)6-10/h2,5-6,8-9H,1,3-4,7,10-11H2,(H,17,18,19);7-10H,2-6,11H2,1H3,(H,16,17,18);2-5H,6-8H2,1H3,(H,12,13);3-7H,1-2H3,(H,11,12);4*3-6,10H,1-2H3. The van der Waals surface area contributed by atoms with Crippen LogP contribution in [0.15, 0.2) is 183 Å². The van der Waals surface area contributed by atoms with Gasteiger partial charge < -0.3 is 57.1 Å². The average molecular weight is 1560 g/mol. The second kappa shape index (κ2) is 51.1. The van der Waals surface area contributed by atoms with E-state index in [0.717, 1.165) is 102 Å². The maximum Gasteiger partial charge on any atom is 0.330 e. The number of methoxy groups -OCH3 is 1. The van der Waals surface area contributed by atoms with Gasteiger partial charge in [-0.25, -0.2) is 24.7 Å². The first-order valence-electron chi connectivity index (χ1n) is 36.8. The van der Waals surface area contributed by atoms with E-state index in [1.54, 1.807) is 29.8 Å². The molecule has 0 radical (unpaired) electrons. The molecule has 0 bridgehead atoms. The van der Waals surface area contributed by atoms with Crippen LogP contribution in [-0.2, 0) is 28.6 Å². The van der Waals surface area contributed by atoms with Gasteiger partial charge >= 0.3 is 5.97 Å². The van der Waals surface area contributed by atoms with Gasteiger partial charge in [0.05, 0.1) is 60.7 Å². The van der Waals surface area contributed by atoms with Crippen LogP contribution in [0.4, 0.5) is 20.5 Å². The summed E-state index contributed by atoms with van der Waals surface area (Å²) in [5.41, 5.74) is 17.5. The van der Waals surface area contributed by atoms with Crippen molar-refractivity contribution in [3.63, 3.8) is 0 Å². The highest BCUT2D eigenvalue weighted by atomic mass is 32.1. The molecular weight excluding hydrogens is 1450 g/mol. The van der Waals surface area contributed by atoms with E-state index in [1.165, 1.54) is 121 Å². The summed E-state index contributed by atoms with van der Waals surface area (Å²) < 4.78 is 19.6. The first-order valence-corrected chi connectivity index (χ1v) is 40.0. The first-order chi connectivity index (χ1) is 53.1. The van der Waals surface area contributed by atoms with Crippen molar-refractivity contribution < 1.29 is 28.6 Å². The zero-order chi connectivity index (χ0) is 80.0. The van der Waals surface area contributed by atoms with Crippen LogP contribution < -0.4 is 21.3 Å². The number of ether oxygens (including phenoxy) is 3. The van der Waals surface area contributed by atoms with E-state index in [2.05, 4.69) is 105 Å². The highest BCUT2D eigenvalue weighted by Crippen LogP contribution is 2.29. The summed E-state index contributed by atoms with van der Waals surface area (Å²) in [5.74, 6) is -0.369. The van der Waals surface area contributed by atoms with E-state index in [1.807, 2.05) is 189 Å². The van der Waals surface area contributed by atoms with Gasteiger partial charge in [0.2, 0.25) is 11.8 Å². The summed E-state index contributed by atoms with van der Waals surface area (Å²) in [6.07, 6.45) is 15.9. The van der Waals surface area contributed by atoms with Gasteiger partial charge in [-0.15, -0.1) is 0 Å². The van der Waals surface area contributed by atoms with Gasteiger partial charge in [0.1, 0.15) is 6.73 Å². The number of para-hydroxylation sites is 4. The minimum atomic E-state index is -0.409. The number of benzene rings is 8. The largest absolute Gasteiger partial charge is 0.463 e. The highest BCUT2D eigenvalue weighted by molar-refractivity contribution is 7.23. The molecule has 0 aliphatic heterocycles. The Morgan fingerprint density at radius 3 is 1.11 bits per heavy atom. The fraction of sp³-hybridized carbons (Fsp3) is 0.307. The smallest absolute Gasteiger partial charge is 0.330 e. The summed E-state index contributed by atoms with van der Waals surface area (Å²) in [6.45, 7) is 28.0. The number of aryl methyl sites for hydroxylation is 8. The van der Waals surface area contributed by atoms with Crippen molar-refractivity contribution in [3.8, 4) is 0 Å². The molecule has 0 aliphatic carbocycles. The third kappa shape index (κ3) is 34.5. The number of hydrogen-bond donors (Lipinski definition) is 8. The number of carbonyl (C=O) groups excluding carboxylic acids is 3. The SMILES string of the molecule is C=CC(=O)OCCCCCC(=O)Nc1nc2ccccc2s1.CC(C)Nc1nc2ccccc2s1.CCCCCCCC(=O)Nc1nc2ccccc2s1.COCCOCNc1nc2ccccc2s1.Cc1ccc(C)c(C=N)c1.Cc1ccc(C)c(C=N)c1.Cc1ccc(C)c(C=N)c1.Cc1ccc(C)c(C=N)c1. The van der Waals surface area contributed by atoms with Gasteiger partial charge in [-0.2, -0.15) is 0 Å². The highest BCUT2D eigenvalue weighted by Gasteiger charge is 2.11. The molecule has 0 saturated carbocycles. The Morgan fingerprint density at radius 2 is 0.773 bits per heavy atom. The summed E-state index contributed by atoms with van der Waals surface area (Å²) in [5, 5.41) is 43.6. The topological polar surface area (TPSA) is 274 Å². The Balaban J connectivity index is 0.000000229. The van der Waals surface area contributed by atoms with Crippen LogP contribution in [0.1, 0.15) is 152 Å². The molecule has 8 N–H and O–H groups in total. The van der Waals surface area contributed by atoms with Crippen molar-refractivity contribution in [1.82, 2.24) is 19.9 Å². The molecule has 18 nitrogen and oxygen atoms in total.